The van der Waals surface area contributed by atoms with Crippen molar-refractivity contribution in [2.45, 2.75) is 33.7 Å². The van der Waals surface area contributed by atoms with Crippen LogP contribution in [0.3, 0.4) is 0 Å². The third-order valence-electron chi connectivity index (χ3n) is 2.89. The van der Waals surface area contributed by atoms with Gasteiger partial charge in [0, 0.05) is 17.8 Å². The van der Waals surface area contributed by atoms with Gasteiger partial charge in [-0.05, 0) is 31.9 Å². The van der Waals surface area contributed by atoms with Crippen molar-refractivity contribution in [2.75, 3.05) is 5.73 Å². The number of nitrogen functional groups attached to an aromatic ring is 1. The number of aromatic nitrogens is 3. The van der Waals surface area contributed by atoms with E-state index < -0.39 is 0 Å². The van der Waals surface area contributed by atoms with Gasteiger partial charge in [0.05, 0.1) is 23.8 Å². The second kappa shape index (κ2) is 4.57. The number of pyridine rings is 1. The minimum atomic E-state index is 0.699. The van der Waals surface area contributed by atoms with Crippen LogP contribution in [0.15, 0.2) is 18.5 Å². The van der Waals surface area contributed by atoms with Gasteiger partial charge in [0.1, 0.15) is 0 Å². The number of rotatable bonds is 3. The molecule has 0 aromatic carbocycles. The Bertz CT molecular complexity index is 528. The number of hydrogen-bond acceptors (Lipinski definition) is 3. The van der Waals surface area contributed by atoms with E-state index in [9.17, 15) is 0 Å². The monoisotopic (exact) mass is 230 g/mol. The Morgan fingerprint density at radius 3 is 2.71 bits per heavy atom. The van der Waals surface area contributed by atoms with Gasteiger partial charge >= 0.3 is 0 Å². The molecule has 4 heteroatoms. The predicted molar refractivity (Wildman–Crippen MR) is 69.6 cm³/mol. The predicted octanol–water partition coefficient (Wildman–Crippen LogP) is 2.55. The average Bonchev–Trinajstić information content (AvgIpc) is 2.62. The van der Waals surface area contributed by atoms with Crippen molar-refractivity contribution in [1.82, 2.24) is 14.8 Å². The van der Waals surface area contributed by atoms with Crippen molar-refractivity contribution in [3.05, 3.63) is 29.7 Å². The van der Waals surface area contributed by atoms with E-state index >= 15 is 0 Å². The zero-order valence-electron chi connectivity index (χ0n) is 10.6. The van der Waals surface area contributed by atoms with E-state index in [4.69, 9.17) is 5.73 Å². The molecule has 0 spiro atoms. The van der Waals surface area contributed by atoms with E-state index in [1.807, 2.05) is 23.9 Å². The molecule has 4 nitrogen and oxygen atoms in total. The van der Waals surface area contributed by atoms with E-state index in [0.29, 0.717) is 5.69 Å². The van der Waals surface area contributed by atoms with Gasteiger partial charge in [0.15, 0.2) is 0 Å². The normalized spacial score (nSPS) is 10.8. The fraction of sp³-hybridized carbons (Fsp3) is 0.385. The minimum absolute atomic E-state index is 0.699. The Labute approximate surface area is 101 Å². The Balaban J connectivity index is 2.46. The molecule has 0 fully saturated rings. The molecule has 0 aliphatic rings. The highest BCUT2D eigenvalue weighted by Gasteiger charge is 2.11. The third-order valence-corrected chi connectivity index (χ3v) is 2.89. The molecule has 2 rings (SSSR count). The van der Waals surface area contributed by atoms with Crippen LogP contribution in [-0.2, 0) is 6.54 Å². The molecule has 0 radical (unpaired) electrons. The number of aryl methyl sites for hydroxylation is 2. The Morgan fingerprint density at radius 1 is 1.29 bits per heavy atom. The van der Waals surface area contributed by atoms with Crippen molar-refractivity contribution in [3.8, 4) is 11.3 Å². The van der Waals surface area contributed by atoms with Crippen LogP contribution in [0.4, 0.5) is 5.69 Å². The second-order valence-electron chi connectivity index (χ2n) is 4.30. The van der Waals surface area contributed by atoms with Crippen molar-refractivity contribution >= 4 is 5.69 Å². The van der Waals surface area contributed by atoms with Crippen LogP contribution in [0.25, 0.3) is 11.3 Å². The summed E-state index contributed by atoms with van der Waals surface area (Å²) in [5.41, 5.74) is 10.7. The quantitative estimate of drug-likeness (QED) is 0.881. The maximum Gasteiger partial charge on any atom is 0.0767 e. The first-order valence-corrected chi connectivity index (χ1v) is 5.88. The largest absolute Gasteiger partial charge is 0.397 e. The van der Waals surface area contributed by atoms with Crippen LogP contribution in [0, 0.1) is 13.8 Å². The molecule has 0 saturated heterocycles. The van der Waals surface area contributed by atoms with Crippen molar-refractivity contribution in [3.63, 3.8) is 0 Å². The molecule has 90 valence electrons. The molecule has 2 N–H and O–H groups in total. The summed E-state index contributed by atoms with van der Waals surface area (Å²) >= 11 is 0. The fourth-order valence-corrected chi connectivity index (χ4v) is 1.99. The highest BCUT2D eigenvalue weighted by molar-refractivity contribution is 5.66. The van der Waals surface area contributed by atoms with Gasteiger partial charge in [-0.2, -0.15) is 5.10 Å². The summed E-state index contributed by atoms with van der Waals surface area (Å²) in [5, 5.41) is 4.39. The summed E-state index contributed by atoms with van der Waals surface area (Å²) in [6, 6.07) is 1.94. The molecular formula is C13H18N4. The summed E-state index contributed by atoms with van der Waals surface area (Å²) in [4.78, 5) is 4.40. The molecule has 0 aliphatic carbocycles. The van der Waals surface area contributed by atoms with Gasteiger partial charge in [0.2, 0.25) is 0 Å². The number of hydrogen-bond donors (Lipinski definition) is 1. The second-order valence-corrected chi connectivity index (χ2v) is 4.30. The Morgan fingerprint density at radius 2 is 2.06 bits per heavy atom. The van der Waals surface area contributed by atoms with Crippen LogP contribution >= 0.6 is 0 Å². The van der Waals surface area contributed by atoms with Crippen LogP contribution < -0.4 is 5.73 Å². The molecule has 2 heterocycles. The van der Waals surface area contributed by atoms with E-state index in [0.717, 1.165) is 35.5 Å². The molecular weight excluding hydrogens is 212 g/mol. The van der Waals surface area contributed by atoms with E-state index in [2.05, 4.69) is 23.9 Å². The topological polar surface area (TPSA) is 56.7 Å². The van der Waals surface area contributed by atoms with E-state index in [1.54, 1.807) is 6.20 Å². The van der Waals surface area contributed by atoms with Crippen LogP contribution in [-0.4, -0.2) is 14.8 Å². The van der Waals surface area contributed by atoms with Crippen molar-refractivity contribution in [2.24, 2.45) is 0 Å². The lowest BCUT2D eigenvalue weighted by Crippen LogP contribution is -2.01. The molecule has 17 heavy (non-hydrogen) atoms. The summed E-state index contributed by atoms with van der Waals surface area (Å²) < 4.78 is 2.02. The van der Waals surface area contributed by atoms with E-state index in [-0.39, 0.29) is 0 Å². The first-order chi connectivity index (χ1) is 8.13. The average molecular weight is 230 g/mol. The number of nitrogens with zero attached hydrogens (tertiary/aromatic N) is 3. The smallest absolute Gasteiger partial charge is 0.0767 e. The zero-order valence-corrected chi connectivity index (χ0v) is 10.6. The molecule has 0 bridgehead atoms. The maximum absolute atomic E-state index is 5.71. The van der Waals surface area contributed by atoms with Gasteiger partial charge in [-0.1, -0.05) is 6.92 Å². The Kier molecular flexibility index (Phi) is 3.13. The standard InChI is InChI=1S/C13H18N4/c1-4-5-17-10(3)12(8-16-17)13-9(2)6-11(14)7-15-13/h6-8H,4-5,14H2,1-3H3. The first kappa shape index (κ1) is 11.6. The summed E-state index contributed by atoms with van der Waals surface area (Å²) in [6.45, 7) is 7.19. The lowest BCUT2D eigenvalue weighted by atomic mass is 10.1. The molecule has 2 aromatic heterocycles. The summed E-state index contributed by atoms with van der Waals surface area (Å²) in [6.07, 6.45) is 4.66. The van der Waals surface area contributed by atoms with Crippen LogP contribution in [0.5, 0.6) is 0 Å². The number of anilines is 1. The fourth-order valence-electron chi connectivity index (χ4n) is 1.99. The third kappa shape index (κ3) is 2.16. The SMILES string of the molecule is CCCn1ncc(-c2ncc(N)cc2C)c1C. The molecule has 0 atom stereocenters. The van der Waals surface area contributed by atoms with Crippen molar-refractivity contribution in [1.29, 1.82) is 0 Å². The zero-order chi connectivity index (χ0) is 12.4. The van der Waals surface area contributed by atoms with E-state index in [1.165, 1.54) is 0 Å². The molecule has 0 amide bonds. The maximum atomic E-state index is 5.71. The Hall–Kier alpha value is -1.84. The highest BCUT2D eigenvalue weighted by Crippen LogP contribution is 2.25. The lowest BCUT2D eigenvalue weighted by Gasteiger charge is -2.06. The van der Waals surface area contributed by atoms with Gasteiger partial charge in [-0.15, -0.1) is 0 Å². The number of nitrogens with two attached hydrogens (primary N) is 1. The molecule has 0 aliphatic heterocycles. The molecule has 0 unspecified atom stereocenters. The highest BCUT2D eigenvalue weighted by atomic mass is 15.3. The van der Waals surface area contributed by atoms with Crippen LogP contribution in [0.1, 0.15) is 24.6 Å². The first-order valence-electron chi connectivity index (χ1n) is 5.88. The van der Waals surface area contributed by atoms with Gasteiger partial charge in [-0.3, -0.25) is 9.67 Å². The van der Waals surface area contributed by atoms with Crippen LogP contribution in [0.2, 0.25) is 0 Å². The lowest BCUT2D eigenvalue weighted by molar-refractivity contribution is 0.587. The summed E-state index contributed by atoms with van der Waals surface area (Å²) in [7, 11) is 0. The van der Waals surface area contributed by atoms with Gasteiger partial charge in [-0.25, -0.2) is 0 Å². The van der Waals surface area contributed by atoms with Gasteiger partial charge in [0.25, 0.3) is 0 Å². The minimum Gasteiger partial charge on any atom is -0.397 e. The van der Waals surface area contributed by atoms with Crippen molar-refractivity contribution < 1.29 is 0 Å². The van der Waals surface area contributed by atoms with Gasteiger partial charge < -0.3 is 5.73 Å². The summed E-state index contributed by atoms with van der Waals surface area (Å²) in [5.74, 6) is 0. The molecule has 0 saturated carbocycles. The molecule has 2 aromatic rings.